The lowest BCUT2D eigenvalue weighted by Crippen LogP contribution is -2.34. The summed E-state index contributed by atoms with van der Waals surface area (Å²) in [5.41, 5.74) is 2.88. The summed E-state index contributed by atoms with van der Waals surface area (Å²) >= 11 is 3.32. The average molecular weight is 345 g/mol. The fourth-order valence-corrected chi connectivity index (χ4v) is 2.70. The Morgan fingerprint density at radius 2 is 1.76 bits per heavy atom. The van der Waals surface area contributed by atoms with Crippen LogP contribution >= 0.6 is 15.9 Å². The second-order valence-corrected chi connectivity index (χ2v) is 5.79. The van der Waals surface area contributed by atoms with Gasteiger partial charge in [0.25, 0.3) is 11.8 Å². The quantitative estimate of drug-likeness (QED) is 0.868. The Balaban J connectivity index is 1.81. The van der Waals surface area contributed by atoms with Crippen molar-refractivity contribution in [3.8, 4) is 0 Å². The third-order valence-corrected chi connectivity index (χ3v) is 4.00. The van der Waals surface area contributed by atoms with E-state index in [1.807, 2.05) is 31.2 Å². The number of hydrogen-bond acceptors (Lipinski definition) is 3. The number of nitrogens with one attached hydrogen (secondary N) is 1. The van der Waals surface area contributed by atoms with E-state index in [1.54, 1.807) is 18.2 Å². The molecular weight excluding hydrogens is 332 g/mol. The van der Waals surface area contributed by atoms with Gasteiger partial charge in [-0.25, -0.2) is 0 Å². The van der Waals surface area contributed by atoms with E-state index in [1.165, 1.54) is 4.90 Å². The van der Waals surface area contributed by atoms with Crippen LogP contribution in [0.25, 0.3) is 0 Å². The van der Waals surface area contributed by atoms with E-state index in [-0.39, 0.29) is 18.5 Å². The number of imide groups is 1. The number of amides is 2. The summed E-state index contributed by atoms with van der Waals surface area (Å²) in [5, 5.41) is 3.14. The predicted molar refractivity (Wildman–Crippen MR) is 84.3 cm³/mol. The van der Waals surface area contributed by atoms with Crippen LogP contribution in [0.1, 0.15) is 26.3 Å². The Morgan fingerprint density at radius 3 is 2.52 bits per heavy atom. The van der Waals surface area contributed by atoms with Crippen LogP contribution in [0.4, 0.5) is 5.69 Å². The van der Waals surface area contributed by atoms with Crippen LogP contribution in [0.5, 0.6) is 0 Å². The molecule has 1 N–H and O–H groups in total. The van der Waals surface area contributed by atoms with E-state index in [2.05, 4.69) is 21.2 Å². The van der Waals surface area contributed by atoms with Crippen LogP contribution in [0, 0.1) is 6.92 Å². The van der Waals surface area contributed by atoms with Gasteiger partial charge in [0.2, 0.25) is 0 Å². The second-order valence-electron chi connectivity index (χ2n) is 4.88. The van der Waals surface area contributed by atoms with Crippen LogP contribution in [0.15, 0.2) is 46.9 Å². The molecule has 1 aliphatic rings. The highest BCUT2D eigenvalue weighted by Gasteiger charge is 2.35. The molecule has 4 nitrogen and oxygen atoms in total. The Bertz CT molecular complexity index is 743. The smallest absolute Gasteiger partial charge is 0.263 e. The summed E-state index contributed by atoms with van der Waals surface area (Å²) in [4.78, 5) is 25.8. The molecule has 1 heterocycles. The molecule has 0 unspecified atom stereocenters. The second kappa shape index (κ2) is 5.33. The standard InChI is InChI=1S/C16H13BrN2O2/c1-10-4-2-3-5-14(10)18-9-19-15(20)12-7-6-11(17)8-13(12)16(19)21/h2-8,18H,9H2,1H3. The zero-order valence-corrected chi connectivity index (χ0v) is 13.0. The van der Waals surface area contributed by atoms with E-state index in [9.17, 15) is 9.59 Å². The summed E-state index contributed by atoms with van der Waals surface area (Å²) in [6.07, 6.45) is 0. The molecule has 5 heteroatoms. The number of nitrogens with zero attached hydrogens (tertiary/aromatic N) is 1. The van der Waals surface area contributed by atoms with Crippen molar-refractivity contribution in [1.82, 2.24) is 4.90 Å². The van der Waals surface area contributed by atoms with E-state index >= 15 is 0 Å². The van der Waals surface area contributed by atoms with Gasteiger partial charge < -0.3 is 5.32 Å². The first-order chi connectivity index (χ1) is 10.1. The van der Waals surface area contributed by atoms with E-state index in [0.29, 0.717) is 11.1 Å². The van der Waals surface area contributed by atoms with Gasteiger partial charge in [-0.15, -0.1) is 0 Å². The summed E-state index contributed by atoms with van der Waals surface area (Å²) in [5.74, 6) is -0.527. The number of anilines is 1. The molecular formula is C16H13BrN2O2. The van der Waals surface area contributed by atoms with E-state index in [4.69, 9.17) is 0 Å². The fraction of sp³-hybridized carbons (Fsp3) is 0.125. The van der Waals surface area contributed by atoms with Crippen molar-refractivity contribution in [3.05, 3.63) is 63.6 Å². The number of carbonyl (C=O) groups excluding carboxylic acids is 2. The number of benzene rings is 2. The summed E-state index contributed by atoms with van der Waals surface area (Å²) in [6, 6.07) is 12.9. The Morgan fingerprint density at radius 1 is 1.05 bits per heavy atom. The molecule has 2 aromatic carbocycles. The molecule has 21 heavy (non-hydrogen) atoms. The topological polar surface area (TPSA) is 49.4 Å². The van der Waals surface area contributed by atoms with Crippen LogP contribution in [0.2, 0.25) is 0 Å². The highest BCUT2D eigenvalue weighted by Crippen LogP contribution is 2.26. The number of fused-ring (bicyclic) bond motifs is 1. The highest BCUT2D eigenvalue weighted by atomic mass is 79.9. The number of halogens is 1. The van der Waals surface area contributed by atoms with E-state index < -0.39 is 0 Å². The SMILES string of the molecule is Cc1ccccc1NCN1C(=O)c2ccc(Br)cc2C1=O. The molecule has 0 atom stereocenters. The maximum atomic E-state index is 12.3. The molecule has 0 bridgehead atoms. The zero-order chi connectivity index (χ0) is 15.0. The van der Waals surface area contributed by atoms with Gasteiger partial charge in [0.05, 0.1) is 17.8 Å². The van der Waals surface area contributed by atoms with Gasteiger partial charge in [0, 0.05) is 10.2 Å². The summed E-state index contributed by atoms with van der Waals surface area (Å²) in [6.45, 7) is 2.14. The van der Waals surface area contributed by atoms with Gasteiger partial charge in [-0.3, -0.25) is 14.5 Å². The molecule has 0 radical (unpaired) electrons. The van der Waals surface area contributed by atoms with Crippen molar-refractivity contribution in [3.63, 3.8) is 0 Å². The zero-order valence-electron chi connectivity index (χ0n) is 11.4. The lowest BCUT2D eigenvalue weighted by molar-refractivity contribution is 0.0666. The Labute approximate surface area is 130 Å². The number of para-hydroxylation sites is 1. The normalized spacial score (nSPS) is 13.5. The molecule has 2 aromatic rings. The lowest BCUT2D eigenvalue weighted by atomic mass is 10.1. The van der Waals surface area contributed by atoms with E-state index in [0.717, 1.165) is 15.7 Å². The summed E-state index contributed by atoms with van der Waals surface area (Å²) in [7, 11) is 0. The molecule has 0 saturated carbocycles. The molecule has 1 aliphatic heterocycles. The predicted octanol–water partition coefficient (Wildman–Crippen LogP) is 3.42. The molecule has 2 amide bonds. The maximum Gasteiger partial charge on any atom is 0.263 e. The minimum absolute atomic E-state index is 0.162. The van der Waals surface area contributed by atoms with Gasteiger partial charge in [-0.05, 0) is 36.8 Å². The van der Waals surface area contributed by atoms with Gasteiger partial charge in [-0.2, -0.15) is 0 Å². The third-order valence-electron chi connectivity index (χ3n) is 3.51. The van der Waals surface area contributed by atoms with Gasteiger partial charge in [-0.1, -0.05) is 34.1 Å². The minimum atomic E-state index is -0.266. The fourth-order valence-electron chi connectivity index (χ4n) is 2.34. The van der Waals surface area contributed by atoms with Gasteiger partial charge in [0.15, 0.2) is 0 Å². The number of aryl methyl sites for hydroxylation is 1. The Hall–Kier alpha value is -2.14. The molecule has 0 spiro atoms. The van der Waals surface area contributed by atoms with Crippen LogP contribution in [-0.2, 0) is 0 Å². The maximum absolute atomic E-state index is 12.3. The third kappa shape index (κ3) is 2.45. The van der Waals surface area contributed by atoms with Crippen LogP contribution in [0.3, 0.4) is 0 Å². The first-order valence-electron chi connectivity index (χ1n) is 6.53. The first-order valence-corrected chi connectivity index (χ1v) is 7.32. The van der Waals surface area contributed by atoms with Crippen LogP contribution in [-0.4, -0.2) is 23.4 Å². The molecule has 0 aliphatic carbocycles. The Kier molecular flexibility index (Phi) is 3.51. The molecule has 3 rings (SSSR count). The lowest BCUT2D eigenvalue weighted by Gasteiger charge is -2.16. The number of hydrogen-bond donors (Lipinski definition) is 1. The molecule has 0 fully saturated rings. The van der Waals surface area contributed by atoms with Crippen molar-refractivity contribution in [2.75, 3.05) is 12.0 Å². The number of carbonyl (C=O) groups is 2. The molecule has 0 saturated heterocycles. The highest BCUT2D eigenvalue weighted by molar-refractivity contribution is 9.10. The van der Waals surface area contributed by atoms with Crippen molar-refractivity contribution in [2.45, 2.75) is 6.92 Å². The van der Waals surface area contributed by atoms with Crippen molar-refractivity contribution in [2.24, 2.45) is 0 Å². The average Bonchev–Trinajstić information content (AvgIpc) is 2.70. The van der Waals surface area contributed by atoms with Gasteiger partial charge >= 0.3 is 0 Å². The van der Waals surface area contributed by atoms with Crippen molar-refractivity contribution >= 4 is 33.4 Å². The van der Waals surface area contributed by atoms with Crippen molar-refractivity contribution in [1.29, 1.82) is 0 Å². The monoisotopic (exact) mass is 344 g/mol. The summed E-state index contributed by atoms with van der Waals surface area (Å²) < 4.78 is 0.788. The van der Waals surface area contributed by atoms with Gasteiger partial charge in [0.1, 0.15) is 0 Å². The molecule has 106 valence electrons. The van der Waals surface area contributed by atoms with Crippen molar-refractivity contribution < 1.29 is 9.59 Å². The first kappa shape index (κ1) is 13.8. The minimum Gasteiger partial charge on any atom is -0.367 e. The largest absolute Gasteiger partial charge is 0.367 e. The molecule has 0 aromatic heterocycles. The van der Waals surface area contributed by atoms with Crippen LogP contribution < -0.4 is 5.32 Å². The number of rotatable bonds is 3.